The van der Waals surface area contributed by atoms with Crippen molar-refractivity contribution < 1.29 is 9.21 Å². The highest BCUT2D eigenvalue weighted by Gasteiger charge is 2.15. The number of benzene rings is 1. The summed E-state index contributed by atoms with van der Waals surface area (Å²) >= 11 is 0. The van der Waals surface area contributed by atoms with Gasteiger partial charge in [0.1, 0.15) is 5.58 Å². The zero-order chi connectivity index (χ0) is 15.4. The Morgan fingerprint density at radius 2 is 1.77 bits per heavy atom. The minimum atomic E-state index is -0.108. The van der Waals surface area contributed by atoms with Crippen molar-refractivity contribution in [2.75, 3.05) is 18.4 Å². The van der Waals surface area contributed by atoms with Crippen LogP contribution in [0.3, 0.4) is 0 Å². The van der Waals surface area contributed by atoms with Crippen molar-refractivity contribution >= 4 is 22.7 Å². The Morgan fingerprint density at radius 3 is 2.55 bits per heavy atom. The molecule has 2 heterocycles. The van der Waals surface area contributed by atoms with Gasteiger partial charge in [0.2, 0.25) is 0 Å². The first kappa shape index (κ1) is 14.6. The maximum absolute atomic E-state index is 12.4. The third kappa shape index (κ3) is 3.30. The molecule has 1 aliphatic rings. The summed E-state index contributed by atoms with van der Waals surface area (Å²) in [6.07, 6.45) is 7.10. The number of fused-ring (bicyclic) bond motifs is 1. The lowest BCUT2D eigenvalue weighted by atomic mass is 10.1. The van der Waals surface area contributed by atoms with Gasteiger partial charge in [-0.1, -0.05) is 19.3 Å². The summed E-state index contributed by atoms with van der Waals surface area (Å²) in [5.41, 5.74) is 1.04. The lowest BCUT2D eigenvalue weighted by Gasteiger charge is -2.25. The summed E-state index contributed by atoms with van der Waals surface area (Å²) in [6, 6.07) is 6.42. The third-order valence-corrected chi connectivity index (χ3v) is 4.05. The van der Waals surface area contributed by atoms with Crippen molar-refractivity contribution in [3.8, 4) is 0 Å². The van der Waals surface area contributed by atoms with Crippen LogP contribution < -0.4 is 10.7 Å². The molecule has 22 heavy (non-hydrogen) atoms. The zero-order valence-electron chi connectivity index (χ0n) is 12.5. The largest absolute Gasteiger partial charge is 0.464 e. The highest BCUT2D eigenvalue weighted by Crippen LogP contribution is 2.17. The van der Waals surface area contributed by atoms with E-state index < -0.39 is 0 Å². The number of nitrogens with one attached hydrogen (secondary N) is 1. The maximum atomic E-state index is 12.4. The van der Waals surface area contributed by atoms with E-state index >= 15 is 0 Å². The van der Waals surface area contributed by atoms with Gasteiger partial charge in [-0.3, -0.25) is 4.79 Å². The van der Waals surface area contributed by atoms with Crippen molar-refractivity contribution in [2.45, 2.75) is 32.1 Å². The Hall–Kier alpha value is -2.30. The zero-order valence-corrected chi connectivity index (χ0v) is 12.5. The van der Waals surface area contributed by atoms with Gasteiger partial charge in [0.15, 0.2) is 5.43 Å². The molecule has 2 aromatic rings. The SMILES string of the molecule is O=C(Nc1ccc2occc(=O)c2c1)N1CCCCCCC1. The highest BCUT2D eigenvalue weighted by molar-refractivity contribution is 5.92. The van der Waals surface area contributed by atoms with Gasteiger partial charge in [-0.15, -0.1) is 0 Å². The minimum absolute atomic E-state index is 0.0958. The van der Waals surface area contributed by atoms with E-state index in [9.17, 15) is 9.59 Å². The van der Waals surface area contributed by atoms with Crippen LogP contribution in [0.25, 0.3) is 11.0 Å². The maximum Gasteiger partial charge on any atom is 0.321 e. The number of hydrogen-bond donors (Lipinski definition) is 1. The Kier molecular flexibility index (Phi) is 4.42. The lowest BCUT2D eigenvalue weighted by molar-refractivity contribution is 0.206. The Balaban J connectivity index is 1.75. The predicted molar refractivity (Wildman–Crippen MR) is 86.2 cm³/mol. The second kappa shape index (κ2) is 6.64. The average molecular weight is 300 g/mol. The molecule has 1 fully saturated rings. The summed E-state index contributed by atoms with van der Waals surface area (Å²) in [6.45, 7) is 1.59. The fraction of sp³-hybridized carbons (Fsp3) is 0.412. The van der Waals surface area contributed by atoms with Gasteiger partial charge in [0.25, 0.3) is 0 Å². The van der Waals surface area contributed by atoms with Crippen LogP contribution in [0.5, 0.6) is 0 Å². The van der Waals surface area contributed by atoms with Crippen molar-refractivity contribution in [2.24, 2.45) is 0 Å². The Labute approximate surface area is 128 Å². The van der Waals surface area contributed by atoms with Crippen LogP contribution in [0.2, 0.25) is 0 Å². The van der Waals surface area contributed by atoms with E-state index in [0.717, 1.165) is 25.9 Å². The summed E-state index contributed by atoms with van der Waals surface area (Å²) in [5.74, 6) is 0. The molecule has 116 valence electrons. The van der Waals surface area contributed by atoms with E-state index in [0.29, 0.717) is 16.7 Å². The molecule has 0 spiro atoms. The number of urea groups is 1. The van der Waals surface area contributed by atoms with Crippen LogP contribution in [0.1, 0.15) is 32.1 Å². The molecule has 0 saturated carbocycles. The smallest absolute Gasteiger partial charge is 0.321 e. The van der Waals surface area contributed by atoms with Gasteiger partial charge in [-0.25, -0.2) is 4.79 Å². The third-order valence-electron chi connectivity index (χ3n) is 4.05. The summed E-state index contributed by atoms with van der Waals surface area (Å²) in [4.78, 5) is 26.0. The summed E-state index contributed by atoms with van der Waals surface area (Å²) in [7, 11) is 0. The van der Waals surface area contributed by atoms with Crippen LogP contribution in [-0.2, 0) is 0 Å². The molecule has 1 aromatic carbocycles. The van der Waals surface area contributed by atoms with E-state index in [2.05, 4.69) is 5.32 Å². The number of nitrogens with zero attached hydrogens (tertiary/aromatic N) is 1. The second-order valence-electron chi connectivity index (χ2n) is 5.68. The van der Waals surface area contributed by atoms with Gasteiger partial charge in [-0.2, -0.15) is 0 Å². The van der Waals surface area contributed by atoms with Crippen LogP contribution in [0.15, 0.2) is 39.7 Å². The number of amides is 2. The van der Waals surface area contributed by atoms with Crippen LogP contribution in [0, 0.1) is 0 Å². The molecule has 2 amide bonds. The average Bonchev–Trinajstić information content (AvgIpc) is 2.47. The molecule has 0 radical (unpaired) electrons. The fourth-order valence-corrected chi connectivity index (χ4v) is 2.82. The number of likely N-dealkylation sites (tertiary alicyclic amines) is 1. The van der Waals surface area contributed by atoms with E-state index in [1.54, 1.807) is 18.2 Å². The molecule has 0 atom stereocenters. The van der Waals surface area contributed by atoms with Crippen molar-refractivity contribution in [3.63, 3.8) is 0 Å². The fourth-order valence-electron chi connectivity index (χ4n) is 2.82. The number of anilines is 1. The molecule has 5 nitrogen and oxygen atoms in total. The Bertz CT molecular complexity index is 715. The number of hydrogen-bond acceptors (Lipinski definition) is 3. The number of carbonyl (C=O) groups excluding carboxylic acids is 1. The predicted octanol–water partition coefficient (Wildman–Crippen LogP) is 3.59. The summed E-state index contributed by atoms with van der Waals surface area (Å²) < 4.78 is 5.28. The van der Waals surface area contributed by atoms with E-state index in [4.69, 9.17) is 4.42 Å². The van der Waals surface area contributed by atoms with Crippen LogP contribution in [0.4, 0.5) is 10.5 Å². The van der Waals surface area contributed by atoms with E-state index in [-0.39, 0.29) is 11.5 Å². The van der Waals surface area contributed by atoms with Gasteiger partial charge in [0, 0.05) is 24.8 Å². The molecular formula is C17H20N2O3. The monoisotopic (exact) mass is 300 g/mol. The molecule has 5 heteroatoms. The number of carbonyl (C=O) groups is 1. The molecule has 1 N–H and O–H groups in total. The lowest BCUT2D eigenvalue weighted by Crippen LogP contribution is -2.37. The second-order valence-corrected chi connectivity index (χ2v) is 5.68. The summed E-state index contributed by atoms with van der Waals surface area (Å²) in [5, 5.41) is 3.37. The van der Waals surface area contributed by atoms with Crippen molar-refractivity contribution in [1.82, 2.24) is 4.90 Å². The highest BCUT2D eigenvalue weighted by atomic mass is 16.3. The van der Waals surface area contributed by atoms with Gasteiger partial charge in [-0.05, 0) is 31.0 Å². The van der Waals surface area contributed by atoms with E-state index in [1.165, 1.54) is 31.6 Å². The first-order valence-corrected chi connectivity index (χ1v) is 7.81. The standard InChI is InChI=1S/C17H20N2O3/c20-15-8-11-22-16-7-6-13(12-14(15)16)18-17(21)19-9-4-2-1-3-5-10-19/h6-8,11-12H,1-5,9-10H2,(H,18,21). The molecular weight excluding hydrogens is 280 g/mol. The molecule has 0 unspecified atom stereocenters. The molecule has 0 aliphatic carbocycles. The quantitative estimate of drug-likeness (QED) is 0.875. The molecule has 0 bridgehead atoms. The van der Waals surface area contributed by atoms with Gasteiger partial charge in [0.05, 0.1) is 11.6 Å². The van der Waals surface area contributed by atoms with Crippen molar-refractivity contribution in [3.05, 3.63) is 40.8 Å². The first-order valence-electron chi connectivity index (χ1n) is 7.81. The van der Waals surface area contributed by atoms with Crippen molar-refractivity contribution in [1.29, 1.82) is 0 Å². The minimum Gasteiger partial charge on any atom is -0.464 e. The normalized spacial score (nSPS) is 16.1. The van der Waals surface area contributed by atoms with Crippen LogP contribution in [-0.4, -0.2) is 24.0 Å². The molecule has 1 aliphatic heterocycles. The molecule has 3 rings (SSSR count). The van der Waals surface area contributed by atoms with Crippen LogP contribution >= 0.6 is 0 Å². The van der Waals surface area contributed by atoms with Gasteiger partial charge < -0.3 is 14.6 Å². The van der Waals surface area contributed by atoms with E-state index in [1.807, 2.05) is 4.90 Å². The Morgan fingerprint density at radius 1 is 1.05 bits per heavy atom. The molecule has 1 saturated heterocycles. The van der Waals surface area contributed by atoms with Gasteiger partial charge >= 0.3 is 6.03 Å². The first-order chi connectivity index (χ1) is 10.7. The number of rotatable bonds is 1. The topological polar surface area (TPSA) is 62.6 Å². The molecule has 1 aromatic heterocycles.